The van der Waals surface area contributed by atoms with Crippen LogP contribution in [0, 0.1) is 5.39 Å². The van der Waals surface area contributed by atoms with Crippen LogP contribution in [0.3, 0.4) is 0 Å². The fraction of sp³-hybridized carbons (Fsp3) is 0.300. The van der Waals surface area contributed by atoms with Crippen molar-refractivity contribution in [1.82, 2.24) is 0 Å². The Balaban J connectivity index is 0.000000271. The summed E-state index contributed by atoms with van der Waals surface area (Å²) in [5.74, 6) is -1.50. The van der Waals surface area contributed by atoms with E-state index in [0.29, 0.717) is 18.5 Å². The molecule has 0 saturated carbocycles. The van der Waals surface area contributed by atoms with E-state index in [0.717, 1.165) is 24.1 Å². The molecular weight excluding hydrogens is 346 g/mol. The number of carboxylic acid groups (broad SMARTS) is 2. The van der Waals surface area contributed by atoms with E-state index < -0.39 is 11.9 Å². The van der Waals surface area contributed by atoms with Crippen molar-refractivity contribution in [3.63, 3.8) is 0 Å². The number of diazo groups is 1. The molecule has 0 aliphatic rings. The minimum atomic E-state index is -0.771. The van der Waals surface area contributed by atoms with Crippen LogP contribution in [-0.2, 0) is 22.4 Å². The molecule has 0 fully saturated rings. The van der Waals surface area contributed by atoms with Crippen LogP contribution >= 0.6 is 0 Å². The van der Waals surface area contributed by atoms with E-state index in [4.69, 9.17) is 15.6 Å². The molecule has 2 aromatic carbocycles. The van der Waals surface area contributed by atoms with E-state index >= 15 is 0 Å². The van der Waals surface area contributed by atoms with Gasteiger partial charge in [0.1, 0.15) is 5.69 Å². The third kappa shape index (κ3) is 10.4. The zero-order valence-electron chi connectivity index (χ0n) is 15.2. The average molecular weight is 371 g/mol. The summed E-state index contributed by atoms with van der Waals surface area (Å²) in [6, 6.07) is 14.9. The number of hydrogen-bond donors (Lipinski definition) is 3. The summed E-state index contributed by atoms with van der Waals surface area (Å²) in [6.45, 7) is 0. The zero-order valence-corrected chi connectivity index (χ0v) is 15.2. The van der Waals surface area contributed by atoms with Crippen molar-refractivity contribution >= 4 is 23.3 Å². The van der Waals surface area contributed by atoms with Crippen molar-refractivity contribution in [2.24, 2.45) is 0 Å². The lowest BCUT2D eigenvalue weighted by Crippen LogP contribution is -2.39. The standard InChI is InChI=1S/C10H10N2O2.C10H13NO2/c11-12-9-6-4-8(5-7-9)2-1-3-10(13)14;11-9-6-4-8(5-7-9)2-1-3-10(12)13/h4-7H,1-3H2;4-7H,1-3,11H2,(H,12,13)/p+2. The van der Waals surface area contributed by atoms with Gasteiger partial charge in [0.05, 0.1) is 0 Å². The number of nitrogens with zero attached hydrogens (tertiary/aromatic N) is 2. The highest BCUT2D eigenvalue weighted by Crippen LogP contribution is 2.14. The zero-order chi connectivity index (χ0) is 20.1. The van der Waals surface area contributed by atoms with Crippen molar-refractivity contribution < 1.29 is 25.5 Å². The van der Waals surface area contributed by atoms with Crippen molar-refractivity contribution in [2.75, 3.05) is 0 Å². The highest BCUT2D eigenvalue weighted by molar-refractivity contribution is 5.66. The van der Waals surface area contributed by atoms with E-state index in [1.54, 1.807) is 12.1 Å². The number of hydrogen-bond acceptors (Lipinski definition) is 3. The van der Waals surface area contributed by atoms with Crippen LogP contribution in [0.5, 0.6) is 0 Å². The number of carboxylic acids is 2. The Kier molecular flexibility index (Phi) is 9.83. The molecule has 0 unspecified atom stereocenters. The maximum Gasteiger partial charge on any atom is 0.385 e. The summed E-state index contributed by atoms with van der Waals surface area (Å²) < 4.78 is 0. The topological polar surface area (TPSA) is 130 Å². The lowest BCUT2D eigenvalue weighted by atomic mass is 10.1. The fourth-order valence-corrected chi connectivity index (χ4v) is 2.32. The maximum atomic E-state index is 10.2. The molecule has 0 amide bonds. The number of carbonyl (C=O) groups is 2. The van der Waals surface area contributed by atoms with Gasteiger partial charge in [-0.05, 0) is 48.9 Å². The van der Waals surface area contributed by atoms with Crippen molar-refractivity contribution in [2.45, 2.75) is 38.5 Å². The number of aryl methyl sites for hydroxylation is 2. The molecule has 0 heterocycles. The maximum absolute atomic E-state index is 10.2. The second-order valence-corrected chi connectivity index (χ2v) is 6.08. The Morgan fingerprint density at radius 2 is 1.22 bits per heavy atom. The molecule has 0 aliphatic carbocycles. The molecule has 2 rings (SSSR count). The van der Waals surface area contributed by atoms with Crippen LogP contribution in [0.25, 0.3) is 4.98 Å². The molecule has 2 aromatic rings. The Hall–Kier alpha value is -3.24. The molecule has 5 N–H and O–H groups in total. The molecule has 7 nitrogen and oxygen atoms in total. The predicted molar refractivity (Wildman–Crippen MR) is 101 cm³/mol. The summed E-state index contributed by atoms with van der Waals surface area (Å²) in [6.07, 6.45) is 3.32. The van der Waals surface area contributed by atoms with Crippen LogP contribution in [0.2, 0.25) is 0 Å². The molecule has 0 bridgehead atoms. The lowest BCUT2D eigenvalue weighted by molar-refractivity contribution is -0.254. The van der Waals surface area contributed by atoms with Gasteiger partial charge >= 0.3 is 17.6 Å². The van der Waals surface area contributed by atoms with Gasteiger partial charge in [-0.1, -0.05) is 24.3 Å². The van der Waals surface area contributed by atoms with Crippen LogP contribution in [-0.4, -0.2) is 22.2 Å². The first-order valence-electron chi connectivity index (χ1n) is 8.69. The molecule has 0 aromatic heterocycles. The number of quaternary nitrogens is 1. The molecule has 0 atom stereocenters. The van der Waals surface area contributed by atoms with Gasteiger partial charge in [0.2, 0.25) is 5.39 Å². The Morgan fingerprint density at radius 3 is 1.59 bits per heavy atom. The van der Waals surface area contributed by atoms with Crippen molar-refractivity contribution in [3.8, 4) is 0 Å². The summed E-state index contributed by atoms with van der Waals surface area (Å²) >= 11 is 0. The molecule has 0 aliphatic heterocycles. The fourth-order valence-electron chi connectivity index (χ4n) is 2.32. The van der Waals surface area contributed by atoms with Gasteiger partial charge < -0.3 is 15.9 Å². The average Bonchev–Trinajstić information content (AvgIpc) is 2.64. The summed E-state index contributed by atoms with van der Waals surface area (Å²) in [7, 11) is 0. The molecule has 0 spiro atoms. The highest BCUT2D eigenvalue weighted by Gasteiger charge is 2.03. The van der Waals surface area contributed by atoms with Gasteiger partial charge in [-0.15, -0.1) is 0 Å². The Morgan fingerprint density at radius 1 is 0.815 bits per heavy atom. The van der Waals surface area contributed by atoms with E-state index in [1.807, 2.05) is 36.4 Å². The van der Waals surface area contributed by atoms with E-state index in [1.165, 1.54) is 5.56 Å². The summed E-state index contributed by atoms with van der Waals surface area (Å²) in [5.41, 5.74) is 7.50. The van der Waals surface area contributed by atoms with Crippen LogP contribution < -0.4 is 5.73 Å². The second-order valence-electron chi connectivity index (χ2n) is 6.08. The van der Waals surface area contributed by atoms with E-state index in [2.05, 4.69) is 10.7 Å². The molecule has 27 heavy (non-hydrogen) atoms. The van der Waals surface area contributed by atoms with Gasteiger partial charge in [-0.25, -0.2) is 0 Å². The minimum Gasteiger partial charge on any atom is -0.481 e. The highest BCUT2D eigenvalue weighted by atomic mass is 16.4. The normalized spacial score (nSPS) is 9.63. The predicted octanol–water partition coefficient (Wildman–Crippen LogP) is 3.55. The summed E-state index contributed by atoms with van der Waals surface area (Å²) in [4.78, 5) is 23.5. The van der Waals surface area contributed by atoms with Gasteiger partial charge in [-0.2, -0.15) is 0 Å². The van der Waals surface area contributed by atoms with E-state index in [9.17, 15) is 9.59 Å². The number of aliphatic carboxylic acids is 2. The first-order valence-corrected chi connectivity index (χ1v) is 8.69. The smallest absolute Gasteiger partial charge is 0.385 e. The Bertz CT molecular complexity index is 765. The first kappa shape index (κ1) is 21.8. The van der Waals surface area contributed by atoms with Gasteiger partial charge in [0.15, 0.2) is 4.98 Å². The molecule has 7 heteroatoms. The van der Waals surface area contributed by atoms with Crippen molar-refractivity contribution in [1.29, 1.82) is 5.39 Å². The lowest BCUT2D eigenvalue weighted by Gasteiger charge is -1.98. The third-order valence-corrected chi connectivity index (χ3v) is 3.79. The SMILES string of the molecule is N#[N+]c1ccc(CCCC(=O)O)cc1.[NH3+]c1ccc(CCCC(=O)O)cc1. The molecular formula is C20H25N3O4+2. The quantitative estimate of drug-likeness (QED) is 0.611. The van der Waals surface area contributed by atoms with Gasteiger partial charge in [0, 0.05) is 25.0 Å². The minimum absolute atomic E-state index is 0.187. The largest absolute Gasteiger partial charge is 0.481 e. The van der Waals surface area contributed by atoms with E-state index in [-0.39, 0.29) is 12.8 Å². The third-order valence-electron chi connectivity index (χ3n) is 3.79. The van der Waals surface area contributed by atoms with Gasteiger partial charge in [-0.3, -0.25) is 9.59 Å². The van der Waals surface area contributed by atoms with Crippen LogP contribution in [0.1, 0.15) is 36.8 Å². The second kappa shape index (κ2) is 12.2. The monoisotopic (exact) mass is 371 g/mol. The van der Waals surface area contributed by atoms with Crippen molar-refractivity contribution in [3.05, 3.63) is 64.6 Å². The molecule has 0 radical (unpaired) electrons. The van der Waals surface area contributed by atoms with Crippen LogP contribution in [0.4, 0.5) is 11.4 Å². The number of benzene rings is 2. The Labute approximate surface area is 158 Å². The van der Waals surface area contributed by atoms with Gasteiger partial charge in [0.25, 0.3) is 0 Å². The molecule has 0 saturated heterocycles. The first-order chi connectivity index (χ1) is 12.9. The number of rotatable bonds is 8. The molecule has 142 valence electrons. The van der Waals surface area contributed by atoms with Crippen LogP contribution in [0.15, 0.2) is 48.5 Å². The summed E-state index contributed by atoms with van der Waals surface area (Å²) in [5, 5.41) is 25.3.